The van der Waals surface area contributed by atoms with E-state index in [0.717, 1.165) is 28.3 Å². The van der Waals surface area contributed by atoms with Crippen LogP contribution in [-0.2, 0) is 58.7 Å². The molecule has 1 fully saturated rings. The molecule has 4 atom stereocenters. The monoisotopic (exact) mass is 948 g/mol. The fourth-order valence-electron chi connectivity index (χ4n) is 9.64. The van der Waals surface area contributed by atoms with Gasteiger partial charge in [0.2, 0.25) is 17.7 Å². The molecular weight excluding hydrogens is 899 g/mol. The summed E-state index contributed by atoms with van der Waals surface area (Å²) in [6.07, 6.45) is -0.981. The van der Waals surface area contributed by atoms with Crippen LogP contribution in [0, 0.1) is 17.7 Å². The first-order valence-electron chi connectivity index (χ1n) is 22.6. The highest BCUT2D eigenvalue weighted by atomic mass is 35.5. The summed E-state index contributed by atoms with van der Waals surface area (Å²) in [5.41, 5.74) is 3.23. The number of aromatic nitrogens is 2. The molecule has 18 heteroatoms. The minimum Gasteiger partial charge on any atom is -0.458 e. The summed E-state index contributed by atoms with van der Waals surface area (Å²) in [5, 5.41) is 19.9. The van der Waals surface area contributed by atoms with E-state index in [-0.39, 0.29) is 66.4 Å². The van der Waals surface area contributed by atoms with E-state index in [4.69, 9.17) is 30.8 Å². The molecule has 0 bridgehead atoms. The van der Waals surface area contributed by atoms with Crippen LogP contribution in [0.25, 0.3) is 33.4 Å². The number of ether oxygens (including phenoxy) is 3. The van der Waals surface area contributed by atoms with Crippen molar-refractivity contribution in [2.24, 2.45) is 11.8 Å². The molecule has 354 valence electrons. The molecule has 16 nitrogen and oxygen atoms in total. The molecule has 1 saturated carbocycles. The highest BCUT2D eigenvalue weighted by Crippen LogP contribution is 2.46. The highest BCUT2D eigenvalue weighted by Gasteiger charge is 2.46. The Morgan fingerprint density at radius 3 is 2.29 bits per heavy atom. The zero-order valence-electron chi connectivity index (χ0n) is 38.0. The number of nitrogens with zero attached hydrogens (tertiary/aromatic N) is 3. The first-order valence-corrected chi connectivity index (χ1v) is 23.0. The molecule has 0 spiro atoms. The number of fused-ring (bicyclic) bond motifs is 8. The van der Waals surface area contributed by atoms with Gasteiger partial charge in [-0.25, -0.2) is 19.0 Å². The van der Waals surface area contributed by atoms with Crippen molar-refractivity contribution in [1.82, 2.24) is 30.4 Å². The topological polar surface area (TPSA) is 207 Å². The Kier molecular flexibility index (Phi) is 12.3. The Morgan fingerprint density at radius 2 is 1.65 bits per heavy atom. The van der Waals surface area contributed by atoms with Crippen LogP contribution < -0.4 is 21.5 Å². The van der Waals surface area contributed by atoms with Gasteiger partial charge in [0.05, 0.1) is 34.0 Å². The van der Waals surface area contributed by atoms with E-state index in [1.165, 1.54) is 29.5 Å². The summed E-state index contributed by atoms with van der Waals surface area (Å²) >= 11 is 6.26. The second-order valence-corrected chi connectivity index (χ2v) is 18.5. The average Bonchev–Trinajstić information content (AvgIpc) is 4.03. The Hall–Kier alpha value is -6.69. The highest BCUT2D eigenvalue weighted by molar-refractivity contribution is 6.31. The van der Waals surface area contributed by atoms with Crippen LogP contribution in [0.5, 0.6) is 0 Å². The van der Waals surface area contributed by atoms with Gasteiger partial charge in [-0.1, -0.05) is 80.9 Å². The molecule has 4 N–H and O–H groups in total. The Labute approximate surface area is 395 Å². The maximum atomic E-state index is 14.9. The number of cyclic esters (lactones) is 1. The van der Waals surface area contributed by atoms with Crippen LogP contribution in [0.2, 0.25) is 5.02 Å². The lowest BCUT2D eigenvalue weighted by Gasteiger charge is -2.31. The minimum atomic E-state index is -2.05. The molecule has 2 aliphatic heterocycles. The smallest absolute Gasteiger partial charge is 0.411 e. The predicted octanol–water partition coefficient (Wildman–Crippen LogP) is 5.72. The standard InChI is InChI=1S/C50H50ClFN6O10/c1-6-50(65)35-18-39-40-33(21-58(39)47(62)34(35)22-66-48(50)63)32(31-17-36(51)37(52)19-38(31)56-40)20-53-46(61)42(26-15-16-26)67-23-54-44(59)25(4)55-45(60)41(24(2)3)57(5)49(64)68-43-29-13-9-7-11-27(29)28-12-8-10-14-30(28)43/h7-14,17-19,24-26,41-43,65H,6,15-16,20-23H2,1-5H3,(H,53,61)(H,54,59)(H,55,60)/t25-,41-,42-,50-/m0/s1. The number of pyridine rings is 2. The predicted molar refractivity (Wildman–Crippen MR) is 246 cm³/mol. The Morgan fingerprint density at radius 1 is 0.971 bits per heavy atom. The third kappa shape index (κ3) is 8.15. The fraction of sp³-hybridized carbons (Fsp3) is 0.380. The fourth-order valence-corrected chi connectivity index (χ4v) is 9.80. The second-order valence-electron chi connectivity index (χ2n) is 18.1. The number of benzene rings is 3. The minimum absolute atomic E-state index is 0.0184. The number of aliphatic hydroxyl groups is 1. The maximum Gasteiger partial charge on any atom is 0.411 e. The summed E-state index contributed by atoms with van der Waals surface area (Å²) in [4.78, 5) is 87.2. The quantitative estimate of drug-likeness (QED) is 0.0767. The molecule has 5 aromatic rings. The summed E-state index contributed by atoms with van der Waals surface area (Å²) in [5.74, 6) is -3.74. The lowest BCUT2D eigenvalue weighted by molar-refractivity contribution is -0.172. The van der Waals surface area contributed by atoms with Gasteiger partial charge in [-0.15, -0.1) is 0 Å². The van der Waals surface area contributed by atoms with Crippen molar-refractivity contribution in [3.05, 3.63) is 121 Å². The third-order valence-corrected chi connectivity index (χ3v) is 13.7. The van der Waals surface area contributed by atoms with E-state index in [2.05, 4.69) is 16.0 Å². The van der Waals surface area contributed by atoms with Crippen molar-refractivity contribution in [3.63, 3.8) is 0 Å². The molecule has 2 aliphatic carbocycles. The molecule has 2 aromatic heterocycles. The first kappa shape index (κ1) is 46.4. The largest absolute Gasteiger partial charge is 0.458 e. The van der Waals surface area contributed by atoms with E-state index in [1.807, 2.05) is 48.5 Å². The number of amides is 4. The number of hydrogen-bond donors (Lipinski definition) is 4. The van der Waals surface area contributed by atoms with Crippen LogP contribution in [0.4, 0.5) is 9.18 Å². The van der Waals surface area contributed by atoms with Crippen molar-refractivity contribution in [2.45, 2.75) is 96.5 Å². The van der Waals surface area contributed by atoms with Crippen LogP contribution in [0.15, 0.2) is 71.5 Å². The van der Waals surface area contributed by atoms with Crippen molar-refractivity contribution in [3.8, 4) is 22.5 Å². The van der Waals surface area contributed by atoms with Gasteiger partial charge in [-0.05, 0) is 66.8 Å². The van der Waals surface area contributed by atoms with Crippen molar-refractivity contribution >= 4 is 52.3 Å². The van der Waals surface area contributed by atoms with Gasteiger partial charge in [0.25, 0.3) is 5.56 Å². The van der Waals surface area contributed by atoms with Gasteiger partial charge in [0.15, 0.2) is 11.7 Å². The molecule has 9 rings (SSSR count). The number of carbonyl (C=O) groups is 5. The number of esters is 1. The molecule has 0 unspecified atom stereocenters. The van der Waals surface area contributed by atoms with E-state index < -0.39 is 71.1 Å². The molecule has 4 heterocycles. The zero-order valence-corrected chi connectivity index (χ0v) is 38.7. The molecule has 68 heavy (non-hydrogen) atoms. The van der Waals surface area contributed by atoms with Gasteiger partial charge in [-0.3, -0.25) is 24.1 Å². The molecular formula is C50H50ClFN6O10. The van der Waals surface area contributed by atoms with Gasteiger partial charge < -0.3 is 39.8 Å². The molecule has 4 amide bonds. The Balaban J connectivity index is 0.849. The van der Waals surface area contributed by atoms with Crippen LogP contribution >= 0.6 is 11.6 Å². The summed E-state index contributed by atoms with van der Waals surface area (Å²) in [6, 6.07) is 17.5. The van der Waals surface area contributed by atoms with E-state index >= 15 is 0 Å². The molecule has 3 aromatic carbocycles. The summed E-state index contributed by atoms with van der Waals surface area (Å²) in [7, 11) is 1.49. The number of likely N-dealkylation sites (N-methyl/N-ethyl adjacent to an activating group) is 1. The van der Waals surface area contributed by atoms with E-state index in [9.17, 15) is 38.3 Å². The third-order valence-electron chi connectivity index (χ3n) is 13.5. The number of rotatable bonds is 14. The number of hydrogen-bond acceptors (Lipinski definition) is 11. The first-order chi connectivity index (χ1) is 32.5. The maximum absolute atomic E-state index is 14.9. The summed E-state index contributed by atoms with van der Waals surface area (Å²) < 4.78 is 33.6. The van der Waals surface area contributed by atoms with Gasteiger partial charge in [0.1, 0.15) is 37.3 Å². The number of halogens is 2. The van der Waals surface area contributed by atoms with Crippen LogP contribution in [0.3, 0.4) is 0 Å². The zero-order chi connectivity index (χ0) is 48.3. The molecule has 4 aliphatic rings. The van der Waals surface area contributed by atoms with Crippen molar-refractivity contribution in [2.75, 3.05) is 13.8 Å². The van der Waals surface area contributed by atoms with Crippen LogP contribution in [0.1, 0.15) is 86.4 Å². The second kappa shape index (κ2) is 18.1. The Bertz CT molecular complexity index is 2950. The van der Waals surface area contributed by atoms with Crippen LogP contribution in [-0.4, -0.2) is 81.3 Å². The SMILES string of the molecule is CC[C@@]1(O)C(=O)OCc2c1cc1n(c2=O)Cc2c-1nc1cc(F)c(Cl)cc1c2CNC(=O)[C@@H](OCNC(=O)[C@H](C)NC(=O)[C@H](C(C)C)N(C)C(=O)OC1c2ccccc2-c2ccccc21)C1CC1. The van der Waals surface area contributed by atoms with Gasteiger partial charge in [0, 0.05) is 47.3 Å². The van der Waals surface area contributed by atoms with Gasteiger partial charge in [-0.2, -0.15) is 0 Å². The number of carbonyl (C=O) groups excluding carboxylic acids is 5. The number of nitrogens with one attached hydrogen (secondary N) is 3. The van der Waals surface area contributed by atoms with E-state index in [0.29, 0.717) is 40.7 Å². The van der Waals surface area contributed by atoms with E-state index in [1.54, 1.807) is 26.8 Å². The van der Waals surface area contributed by atoms with Crippen molar-refractivity contribution < 1.29 is 47.7 Å². The molecule has 0 radical (unpaired) electrons. The lowest BCUT2D eigenvalue weighted by atomic mass is 9.86. The summed E-state index contributed by atoms with van der Waals surface area (Å²) in [6.45, 7) is 5.90. The van der Waals surface area contributed by atoms with Gasteiger partial charge >= 0.3 is 12.1 Å². The molecule has 0 saturated heterocycles. The lowest BCUT2D eigenvalue weighted by Crippen LogP contribution is -2.55. The normalized spacial score (nSPS) is 18.0. The average molecular weight is 949 g/mol. The van der Waals surface area contributed by atoms with Crippen molar-refractivity contribution in [1.29, 1.82) is 0 Å².